The minimum Gasteiger partial charge on any atom is -0.457 e. The number of ketones is 1. The van der Waals surface area contributed by atoms with Crippen molar-refractivity contribution >= 4 is 5.78 Å². The zero-order chi connectivity index (χ0) is 14.4. The zero-order valence-corrected chi connectivity index (χ0v) is 12.1. The fourth-order valence-electron chi connectivity index (χ4n) is 2.12. The molecule has 2 rings (SSSR count). The standard InChI is InChI=1S/C18H20O2/c1-3-7-14-10-12-15(13-11-14)20-18-9-6-5-8-16(18)17(19)4-2/h5-6,8-13H,3-4,7H2,1-2H3. The van der Waals surface area contributed by atoms with Gasteiger partial charge in [-0.05, 0) is 36.2 Å². The number of benzene rings is 2. The number of hydrogen-bond donors (Lipinski definition) is 0. The van der Waals surface area contributed by atoms with E-state index in [9.17, 15) is 4.79 Å². The van der Waals surface area contributed by atoms with Gasteiger partial charge in [-0.2, -0.15) is 0 Å². The van der Waals surface area contributed by atoms with Gasteiger partial charge >= 0.3 is 0 Å². The maximum Gasteiger partial charge on any atom is 0.166 e. The van der Waals surface area contributed by atoms with Gasteiger partial charge in [0.1, 0.15) is 11.5 Å². The molecule has 0 radical (unpaired) electrons. The fourth-order valence-corrected chi connectivity index (χ4v) is 2.12. The summed E-state index contributed by atoms with van der Waals surface area (Å²) in [5, 5.41) is 0. The smallest absolute Gasteiger partial charge is 0.166 e. The second kappa shape index (κ2) is 6.90. The van der Waals surface area contributed by atoms with Gasteiger partial charge in [-0.3, -0.25) is 4.79 Å². The molecule has 0 aliphatic rings. The second-order valence-electron chi connectivity index (χ2n) is 4.77. The van der Waals surface area contributed by atoms with Crippen LogP contribution >= 0.6 is 0 Å². The molecule has 0 aliphatic carbocycles. The lowest BCUT2D eigenvalue weighted by molar-refractivity contribution is 0.0986. The van der Waals surface area contributed by atoms with E-state index in [1.165, 1.54) is 5.56 Å². The van der Waals surface area contributed by atoms with E-state index in [2.05, 4.69) is 19.1 Å². The maximum absolute atomic E-state index is 11.9. The molecule has 0 aromatic heterocycles. The Balaban J connectivity index is 2.19. The highest BCUT2D eigenvalue weighted by Crippen LogP contribution is 2.26. The highest BCUT2D eigenvalue weighted by molar-refractivity contribution is 5.98. The van der Waals surface area contributed by atoms with Crippen LogP contribution in [0, 0.1) is 0 Å². The molecule has 0 heterocycles. The molecule has 2 aromatic rings. The van der Waals surface area contributed by atoms with Crippen LogP contribution in [-0.2, 0) is 6.42 Å². The van der Waals surface area contributed by atoms with Crippen molar-refractivity contribution in [3.8, 4) is 11.5 Å². The monoisotopic (exact) mass is 268 g/mol. The molecule has 0 N–H and O–H groups in total. The molecule has 2 nitrogen and oxygen atoms in total. The largest absolute Gasteiger partial charge is 0.457 e. The van der Waals surface area contributed by atoms with Crippen molar-refractivity contribution in [3.05, 3.63) is 59.7 Å². The quantitative estimate of drug-likeness (QED) is 0.687. The summed E-state index contributed by atoms with van der Waals surface area (Å²) in [6.07, 6.45) is 2.69. The van der Waals surface area contributed by atoms with E-state index in [0.29, 0.717) is 17.7 Å². The number of aryl methyl sites for hydroxylation is 1. The van der Waals surface area contributed by atoms with Crippen LogP contribution in [0.15, 0.2) is 48.5 Å². The highest BCUT2D eigenvalue weighted by atomic mass is 16.5. The molecule has 0 fully saturated rings. The Morgan fingerprint density at radius 2 is 1.70 bits per heavy atom. The molecule has 0 amide bonds. The summed E-state index contributed by atoms with van der Waals surface area (Å²) in [5.74, 6) is 1.49. The van der Waals surface area contributed by atoms with Crippen LogP contribution in [0.3, 0.4) is 0 Å². The van der Waals surface area contributed by atoms with Crippen LogP contribution in [0.2, 0.25) is 0 Å². The number of carbonyl (C=O) groups is 1. The van der Waals surface area contributed by atoms with E-state index >= 15 is 0 Å². The van der Waals surface area contributed by atoms with Crippen LogP contribution < -0.4 is 4.74 Å². The first-order valence-corrected chi connectivity index (χ1v) is 7.13. The van der Waals surface area contributed by atoms with Crippen LogP contribution in [0.5, 0.6) is 11.5 Å². The van der Waals surface area contributed by atoms with Crippen molar-refractivity contribution in [2.24, 2.45) is 0 Å². The average molecular weight is 268 g/mol. The molecular weight excluding hydrogens is 248 g/mol. The number of rotatable bonds is 6. The fraction of sp³-hybridized carbons (Fsp3) is 0.278. The van der Waals surface area contributed by atoms with E-state index in [1.54, 1.807) is 0 Å². The van der Waals surface area contributed by atoms with E-state index in [4.69, 9.17) is 4.74 Å². The third-order valence-corrected chi connectivity index (χ3v) is 3.20. The molecular formula is C18H20O2. The molecule has 2 aromatic carbocycles. The number of Topliss-reactive ketones (excluding diaryl/α,β-unsaturated/α-hetero) is 1. The van der Waals surface area contributed by atoms with Gasteiger partial charge in [-0.1, -0.05) is 44.5 Å². The topological polar surface area (TPSA) is 26.3 Å². The molecule has 0 saturated heterocycles. The number of carbonyl (C=O) groups excluding carboxylic acids is 1. The van der Waals surface area contributed by atoms with Gasteiger partial charge in [0.15, 0.2) is 5.78 Å². The Morgan fingerprint density at radius 3 is 2.35 bits per heavy atom. The van der Waals surface area contributed by atoms with Crippen molar-refractivity contribution in [1.29, 1.82) is 0 Å². The molecule has 0 unspecified atom stereocenters. The third kappa shape index (κ3) is 3.47. The first kappa shape index (κ1) is 14.3. The average Bonchev–Trinajstić information content (AvgIpc) is 2.49. The van der Waals surface area contributed by atoms with Crippen molar-refractivity contribution in [1.82, 2.24) is 0 Å². The first-order chi connectivity index (χ1) is 9.74. The Bertz CT molecular complexity index is 570. The molecule has 0 bridgehead atoms. The number of ether oxygens (including phenoxy) is 1. The Kier molecular flexibility index (Phi) is 4.94. The summed E-state index contributed by atoms with van der Waals surface area (Å²) >= 11 is 0. The molecule has 0 saturated carbocycles. The number of hydrogen-bond acceptors (Lipinski definition) is 2. The highest BCUT2D eigenvalue weighted by Gasteiger charge is 2.10. The summed E-state index contributed by atoms with van der Waals surface area (Å²) in [6.45, 7) is 4.02. The molecule has 2 heteroatoms. The molecule has 0 spiro atoms. The van der Waals surface area contributed by atoms with Crippen LogP contribution in [0.1, 0.15) is 42.6 Å². The molecule has 0 atom stereocenters. The maximum atomic E-state index is 11.9. The van der Waals surface area contributed by atoms with Gasteiger partial charge in [-0.15, -0.1) is 0 Å². The van der Waals surface area contributed by atoms with Gasteiger partial charge < -0.3 is 4.74 Å². The lowest BCUT2D eigenvalue weighted by Gasteiger charge is -2.10. The van der Waals surface area contributed by atoms with Crippen LogP contribution in [-0.4, -0.2) is 5.78 Å². The third-order valence-electron chi connectivity index (χ3n) is 3.20. The van der Waals surface area contributed by atoms with Gasteiger partial charge in [0.25, 0.3) is 0 Å². The molecule has 104 valence electrons. The van der Waals surface area contributed by atoms with Gasteiger partial charge in [0, 0.05) is 6.42 Å². The van der Waals surface area contributed by atoms with Crippen molar-refractivity contribution < 1.29 is 9.53 Å². The van der Waals surface area contributed by atoms with Crippen molar-refractivity contribution in [2.75, 3.05) is 0 Å². The first-order valence-electron chi connectivity index (χ1n) is 7.13. The van der Waals surface area contributed by atoms with E-state index in [1.807, 2.05) is 43.3 Å². The van der Waals surface area contributed by atoms with Gasteiger partial charge in [0.05, 0.1) is 5.56 Å². The Morgan fingerprint density at radius 1 is 1.00 bits per heavy atom. The van der Waals surface area contributed by atoms with E-state index in [-0.39, 0.29) is 5.78 Å². The van der Waals surface area contributed by atoms with E-state index in [0.717, 1.165) is 18.6 Å². The van der Waals surface area contributed by atoms with Gasteiger partial charge in [-0.25, -0.2) is 0 Å². The van der Waals surface area contributed by atoms with Crippen LogP contribution in [0.4, 0.5) is 0 Å². The Labute approximate surface area is 120 Å². The second-order valence-corrected chi connectivity index (χ2v) is 4.77. The Hall–Kier alpha value is -2.09. The summed E-state index contributed by atoms with van der Waals surface area (Å²) in [4.78, 5) is 11.9. The van der Waals surface area contributed by atoms with E-state index < -0.39 is 0 Å². The van der Waals surface area contributed by atoms with Crippen LogP contribution in [0.25, 0.3) is 0 Å². The normalized spacial score (nSPS) is 10.3. The molecule has 20 heavy (non-hydrogen) atoms. The minimum atomic E-state index is 0.100. The SMILES string of the molecule is CCCc1ccc(Oc2ccccc2C(=O)CC)cc1. The lowest BCUT2D eigenvalue weighted by atomic mass is 10.1. The van der Waals surface area contributed by atoms with Crippen molar-refractivity contribution in [3.63, 3.8) is 0 Å². The minimum absolute atomic E-state index is 0.100. The molecule has 0 aliphatic heterocycles. The zero-order valence-electron chi connectivity index (χ0n) is 12.1. The summed E-state index contributed by atoms with van der Waals surface area (Å²) < 4.78 is 5.84. The lowest BCUT2D eigenvalue weighted by Crippen LogP contribution is -1.99. The van der Waals surface area contributed by atoms with Gasteiger partial charge in [0.2, 0.25) is 0 Å². The summed E-state index contributed by atoms with van der Waals surface area (Å²) in [7, 11) is 0. The summed E-state index contributed by atoms with van der Waals surface area (Å²) in [5.41, 5.74) is 1.95. The predicted molar refractivity (Wildman–Crippen MR) is 81.6 cm³/mol. The number of para-hydroxylation sites is 1. The van der Waals surface area contributed by atoms with Crippen molar-refractivity contribution in [2.45, 2.75) is 33.1 Å². The predicted octanol–water partition coefficient (Wildman–Crippen LogP) is 5.02. The summed E-state index contributed by atoms with van der Waals surface area (Å²) in [6, 6.07) is 15.4.